The molecule has 0 radical (unpaired) electrons. The van der Waals surface area contributed by atoms with Crippen molar-refractivity contribution in [3.05, 3.63) is 53.6 Å². The molecule has 0 spiro atoms. The van der Waals surface area contributed by atoms with Crippen LogP contribution >= 0.6 is 11.6 Å². The van der Waals surface area contributed by atoms with Crippen LogP contribution in [0.3, 0.4) is 0 Å². The van der Waals surface area contributed by atoms with E-state index in [0.717, 1.165) is 5.69 Å². The van der Waals surface area contributed by atoms with Crippen LogP contribution in [0.4, 0.5) is 11.4 Å². The van der Waals surface area contributed by atoms with Gasteiger partial charge in [-0.1, -0.05) is 29.8 Å². The van der Waals surface area contributed by atoms with Gasteiger partial charge in [0.2, 0.25) is 15.9 Å². The summed E-state index contributed by atoms with van der Waals surface area (Å²) in [6.07, 6.45) is 0. The minimum Gasteiger partial charge on any atom is -0.376 e. The van der Waals surface area contributed by atoms with Crippen LogP contribution in [0.5, 0.6) is 0 Å². The van der Waals surface area contributed by atoms with Crippen LogP contribution in [0, 0.1) is 0 Å². The first-order valence-electron chi connectivity index (χ1n) is 6.27. The summed E-state index contributed by atoms with van der Waals surface area (Å²) >= 11 is 5.94. The van der Waals surface area contributed by atoms with Crippen molar-refractivity contribution in [1.82, 2.24) is 0 Å². The highest BCUT2D eigenvalue weighted by atomic mass is 35.5. The summed E-state index contributed by atoms with van der Waals surface area (Å²) in [4.78, 5) is 11.7. The lowest BCUT2D eigenvalue weighted by molar-refractivity contribution is -0.114. The van der Waals surface area contributed by atoms with Crippen molar-refractivity contribution in [1.29, 1.82) is 0 Å². The zero-order valence-electron chi connectivity index (χ0n) is 11.4. The third-order valence-electron chi connectivity index (χ3n) is 2.77. The Kier molecular flexibility index (Phi) is 5.02. The summed E-state index contributed by atoms with van der Waals surface area (Å²) in [5.41, 5.74) is 1.13. The Morgan fingerprint density at radius 1 is 1.14 bits per heavy atom. The normalized spacial score (nSPS) is 11.0. The first-order valence-corrected chi connectivity index (χ1v) is 8.20. The third-order valence-corrected chi connectivity index (χ3v) is 3.99. The number of nitrogens with two attached hydrogens (primary N) is 1. The second kappa shape index (κ2) is 6.78. The summed E-state index contributed by atoms with van der Waals surface area (Å²) < 4.78 is 22.4. The van der Waals surface area contributed by atoms with Gasteiger partial charge in [0.1, 0.15) is 0 Å². The number of hydrogen-bond acceptors (Lipinski definition) is 4. The van der Waals surface area contributed by atoms with Gasteiger partial charge in [-0.05, 0) is 30.3 Å². The van der Waals surface area contributed by atoms with E-state index in [9.17, 15) is 13.2 Å². The summed E-state index contributed by atoms with van der Waals surface area (Å²) in [6.45, 7) is 0.0529. The number of nitrogens with one attached hydrogen (secondary N) is 2. The van der Waals surface area contributed by atoms with E-state index in [-0.39, 0.29) is 22.4 Å². The van der Waals surface area contributed by atoms with Crippen molar-refractivity contribution in [2.75, 3.05) is 17.2 Å². The van der Waals surface area contributed by atoms with Gasteiger partial charge < -0.3 is 10.6 Å². The molecule has 8 heteroatoms. The zero-order valence-corrected chi connectivity index (χ0v) is 13.0. The molecule has 2 aromatic carbocycles. The Bertz CT molecular complexity index is 779. The van der Waals surface area contributed by atoms with Crippen molar-refractivity contribution >= 4 is 38.9 Å². The van der Waals surface area contributed by atoms with E-state index < -0.39 is 10.0 Å². The average Bonchev–Trinajstić information content (AvgIpc) is 2.47. The Hall–Kier alpha value is -2.09. The summed E-state index contributed by atoms with van der Waals surface area (Å²) in [7, 11) is -3.83. The largest absolute Gasteiger partial charge is 0.376 e. The van der Waals surface area contributed by atoms with Gasteiger partial charge in [0, 0.05) is 5.69 Å². The maximum Gasteiger partial charge on any atom is 0.243 e. The number of benzene rings is 2. The van der Waals surface area contributed by atoms with Gasteiger partial charge in [-0.2, -0.15) is 0 Å². The van der Waals surface area contributed by atoms with Crippen molar-refractivity contribution in [3.63, 3.8) is 0 Å². The highest BCUT2D eigenvalue weighted by molar-refractivity contribution is 7.89. The van der Waals surface area contributed by atoms with Crippen LogP contribution in [0.25, 0.3) is 0 Å². The molecule has 0 aromatic heterocycles. The molecule has 0 saturated carbocycles. The SMILES string of the molecule is NS(=O)(=O)c1ccc(NC(=O)CNc2ccccc2)c(Cl)c1. The Morgan fingerprint density at radius 3 is 2.41 bits per heavy atom. The lowest BCUT2D eigenvalue weighted by Gasteiger charge is -2.10. The van der Waals surface area contributed by atoms with Gasteiger partial charge in [-0.15, -0.1) is 0 Å². The van der Waals surface area contributed by atoms with Crippen molar-refractivity contribution < 1.29 is 13.2 Å². The van der Waals surface area contributed by atoms with E-state index in [2.05, 4.69) is 10.6 Å². The average molecular weight is 340 g/mol. The molecule has 0 bridgehead atoms. The molecule has 22 heavy (non-hydrogen) atoms. The molecule has 0 heterocycles. The van der Waals surface area contributed by atoms with Crippen LogP contribution < -0.4 is 15.8 Å². The van der Waals surface area contributed by atoms with Gasteiger partial charge in [0.05, 0.1) is 22.2 Å². The van der Waals surface area contributed by atoms with Gasteiger partial charge >= 0.3 is 0 Å². The first kappa shape index (κ1) is 16.3. The number of sulfonamides is 1. The van der Waals surface area contributed by atoms with Crippen LogP contribution in [-0.4, -0.2) is 20.9 Å². The molecule has 2 rings (SSSR count). The minimum absolute atomic E-state index is 0.0529. The number of halogens is 1. The predicted molar refractivity (Wildman–Crippen MR) is 86.4 cm³/mol. The number of primary sulfonamides is 1. The Labute approximate surface area is 133 Å². The number of carbonyl (C=O) groups excluding carboxylic acids is 1. The molecule has 0 fully saturated rings. The van der Waals surface area contributed by atoms with Crippen molar-refractivity contribution in [2.24, 2.45) is 5.14 Å². The molecule has 0 saturated heterocycles. The molecule has 0 unspecified atom stereocenters. The van der Waals surface area contributed by atoms with E-state index in [1.54, 1.807) is 0 Å². The molecule has 0 aliphatic carbocycles. The number of amides is 1. The topological polar surface area (TPSA) is 101 Å². The highest BCUT2D eigenvalue weighted by Gasteiger charge is 2.12. The molecule has 116 valence electrons. The van der Waals surface area contributed by atoms with E-state index in [1.165, 1.54) is 18.2 Å². The Balaban J connectivity index is 2.00. The highest BCUT2D eigenvalue weighted by Crippen LogP contribution is 2.24. The fourth-order valence-electron chi connectivity index (χ4n) is 1.71. The van der Waals surface area contributed by atoms with Gasteiger partial charge in [-0.3, -0.25) is 4.79 Å². The van der Waals surface area contributed by atoms with E-state index in [0.29, 0.717) is 5.69 Å². The van der Waals surface area contributed by atoms with Crippen LogP contribution in [0.2, 0.25) is 5.02 Å². The van der Waals surface area contributed by atoms with Crippen LogP contribution in [-0.2, 0) is 14.8 Å². The quantitative estimate of drug-likeness (QED) is 0.775. The standard InChI is InChI=1S/C14H14ClN3O3S/c15-12-8-11(22(16,20)21)6-7-13(12)18-14(19)9-17-10-4-2-1-3-5-10/h1-8,17H,9H2,(H,18,19)(H2,16,20,21). The number of rotatable bonds is 5. The summed E-state index contributed by atoms with van der Waals surface area (Å²) in [5, 5.41) is 10.6. The molecular formula is C14H14ClN3O3S. The minimum atomic E-state index is -3.83. The maximum atomic E-state index is 11.8. The molecule has 2 aromatic rings. The molecular weight excluding hydrogens is 326 g/mol. The van der Waals surface area contributed by atoms with E-state index >= 15 is 0 Å². The lowest BCUT2D eigenvalue weighted by atomic mass is 10.3. The van der Waals surface area contributed by atoms with Gasteiger partial charge in [0.25, 0.3) is 0 Å². The number of anilines is 2. The molecule has 0 aliphatic heterocycles. The summed E-state index contributed by atoms with van der Waals surface area (Å²) in [6, 6.07) is 13.1. The van der Waals surface area contributed by atoms with Crippen molar-refractivity contribution in [2.45, 2.75) is 4.90 Å². The lowest BCUT2D eigenvalue weighted by Crippen LogP contribution is -2.22. The molecule has 4 N–H and O–H groups in total. The van der Waals surface area contributed by atoms with E-state index in [1.807, 2.05) is 30.3 Å². The van der Waals surface area contributed by atoms with Crippen LogP contribution in [0.15, 0.2) is 53.4 Å². The van der Waals surface area contributed by atoms with Crippen LogP contribution in [0.1, 0.15) is 0 Å². The monoisotopic (exact) mass is 339 g/mol. The molecule has 6 nitrogen and oxygen atoms in total. The maximum absolute atomic E-state index is 11.8. The first-order chi connectivity index (χ1) is 10.4. The smallest absolute Gasteiger partial charge is 0.243 e. The summed E-state index contributed by atoms with van der Waals surface area (Å²) in [5.74, 6) is -0.311. The Morgan fingerprint density at radius 2 is 1.82 bits per heavy atom. The fourth-order valence-corrected chi connectivity index (χ4v) is 2.54. The van der Waals surface area contributed by atoms with E-state index in [4.69, 9.17) is 16.7 Å². The predicted octanol–water partition coefficient (Wildman–Crippen LogP) is 2.04. The molecule has 0 atom stereocenters. The third kappa shape index (κ3) is 4.45. The molecule has 1 amide bonds. The van der Waals surface area contributed by atoms with Crippen molar-refractivity contribution in [3.8, 4) is 0 Å². The zero-order chi connectivity index (χ0) is 16.2. The van der Waals surface area contributed by atoms with Gasteiger partial charge in [-0.25, -0.2) is 13.6 Å². The number of carbonyl (C=O) groups is 1. The number of hydrogen-bond donors (Lipinski definition) is 3. The fraction of sp³-hybridized carbons (Fsp3) is 0.0714. The second-order valence-electron chi connectivity index (χ2n) is 4.45. The van der Waals surface area contributed by atoms with Gasteiger partial charge in [0.15, 0.2) is 0 Å². The molecule has 0 aliphatic rings. The number of para-hydroxylation sites is 1. The second-order valence-corrected chi connectivity index (χ2v) is 6.42.